The molecule has 3 rings (SSSR count). The van der Waals surface area contributed by atoms with Crippen LogP contribution in [-0.4, -0.2) is 20.4 Å². The summed E-state index contributed by atoms with van der Waals surface area (Å²) in [5.41, 5.74) is 2.36. The number of rotatable bonds is 3. The molecular formula is C16H21BrClN3. The number of pyridine rings is 1. The van der Waals surface area contributed by atoms with Crippen molar-refractivity contribution in [3.05, 3.63) is 22.6 Å². The fraction of sp³-hybridized carbons (Fsp3) is 0.625. The number of nitrogens with zero attached hydrogens (tertiary/aromatic N) is 3. The van der Waals surface area contributed by atoms with Crippen LogP contribution >= 0.6 is 27.5 Å². The first-order chi connectivity index (χ1) is 10.00. The Kier molecular flexibility index (Phi) is 4.28. The minimum atomic E-state index is 0.396. The molecule has 1 unspecified atom stereocenters. The summed E-state index contributed by atoms with van der Waals surface area (Å²) in [6, 6.07) is 2.54. The third kappa shape index (κ3) is 3.11. The van der Waals surface area contributed by atoms with Gasteiger partial charge < -0.3 is 4.57 Å². The second kappa shape index (κ2) is 5.88. The molecule has 5 heteroatoms. The van der Waals surface area contributed by atoms with E-state index in [9.17, 15) is 0 Å². The van der Waals surface area contributed by atoms with Crippen LogP contribution in [0.4, 0.5) is 0 Å². The number of aromatic nitrogens is 3. The van der Waals surface area contributed by atoms with E-state index >= 15 is 0 Å². The maximum absolute atomic E-state index is 5.98. The van der Waals surface area contributed by atoms with Crippen molar-refractivity contribution >= 4 is 38.7 Å². The molecule has 1 atom stereocenters. The molecule has 1 aliphatic carbocycles. The Balaban J connectivity index is 2.08. The molecule has 1 fully saturated rings. The van der Waals surface area contributed by atoms with Crippen molar-refractivity contribution in [1.29, 1.82) is 0 Å². The Hall–Kier alpha value is -0.610. The van der Waals surface area contributed by atoms with Gasteiger partial charge in [-0.25, -0.2) is 9.97 Å². The van der Waals surface area contributed by atoms with Crippen LogP contribution in [-0.2, 0) is 6.42 Å². The average Bonchev–Trinajstić information content (AvgIpc) is 2.75. The monoisotopic (exact) mass is 369 g/mol. The molecule has 0 aliphatic heterocycles. The highest BCUT2D eigenvalue weighted by molar-refractivity contribution is 9.10. The zero-order valence-electron chi connectivity index (χ0n) is 12.6. The molecule has 21 heavy (non-hydrogen) atoms. The summed E-state index contributed by atoms with van der Waals surface area (Å²) in [6.45, 7) is 4.73. The predicted molar refractivity (Wildman–Crippen MR) is 90.9 cm³/mol. The summed E-state index contributed by atoms with van der Waals surface area (Å²) >= 11 is 9.46. The molecule has 114 valence electrons. The van der Waals surface area contributed by atoms with Crippen molar-refractivity contribution in [3.63, 3.8) is 0 Å². The number of imidazole rings is 1. The predicted octanol–water partition coefficient (Wildman–Crippen LogP) is 5.12. The van der Waals surface area contributed by atoms with Gasteiger partial charge in [-0.2, -0.15) is 0 Å². The summed E-state index contributed by atoms with van der Waals surface area (Å²) in [4.78, 5) is 9.39. The van der Waals surface area contributed by atoms with Crippen LogP contribution in [0.3, 0.4) is 0 Å². The molecule has 0 amide bonds. The fourth-order valence-corrected chi connectivity index (χ4v) is 4.02. The van der Waals surface area contributed by atoms with E-state index in [2.05, 4.69) is 39.3 Å². The van der Waals surface area contributed by atoms with Crippen LogP contribution in [0.2, 0.25) is 0 Å². The molecule has 2 aromatic rings. The third-order valence-corrected chi connectivity index (χ3v) is 5.05. The largest absolute Gasteiger partial charge is 0.310 e. The van der Waals surface area contributed by atoms with Gasteiger partial charge in [-0.1, -0.05) is 20.3 Å². The van der Waals surface area contributed by atoms with Crippen molar-refractivity contribution in [2.24, 2.45) is 5.41 Å². The molecule has 0 saturated heterocycles. The SMILES string of the molecule is CC1(C)CCCC(n2c(CCCl)nc3cc(Br)cnc32)C1. The van der Waals surface area contributed by atoms with Crippen LogP contribution in [0, 0.1) is 5.41 Å². The quantitative estimate of drug-likeness (QED) is 0.702. The van der Waals surface area contributed by atoms with Gasteiger partial charge in [0.05, 0.1) is 0 Å². The second-order valence-corrected chi connectivity index (χ2v) is 8.04. The lowest BCUT2D eigenvalue weighted by Gasteiger charge is -2.36. The Morgan fingerprint density at radius 3 is 3.00 bits per heavy atom. The van der Waals surface area contributed by atoms with E-state index in [0.717, 1.165) is 27.9 Å². The molecule has 1 saturated carbocycles. The van der Waals surface area contributed by atoms with Gasteiger partial charge in [-0.15, -0.1) is 11.6 Å². The number of aryl methyl sites for hydroxylation is 1. The van der Waals surface area contributed by atoms with E-state index in [1.54, 1.807) is 0 Å². The molecule has 2 aromatic heterocycles. The van der Waals surface area contributed by atoms with Gasteiger partial charge in [0.1, 0.15) is 11.3 Å². The van der Waals surface area contributed by atoms with Gasteiger partial charge in [0.2, 0.25) is 0 Å². The average molecular weight is 371 g/mol. The number of fused-ring (bicyclic) bond motifs is 1. The van der Waals surface area contributed by atoms with E-state index in [4.69, 9.17) is 16.6 Å². The normalized spacial score (nSPS) is 21.8. The number of hydrogen-bond acceptors (Lipinski definition) is 2. The van der Waals surface area contributed by atoms with E-state index < -0.39 is 0 Å². The molecule has 0 aromatic carbocycles. The van der Waals surface area contributed by atoms with Crippen molar-refractivity contribution in [2.75, 3.05) is 5.88 Å². The molecule has 1 aliphatic rings. The second-order valence-electron chi connectivity index (χ2n) is 6.75. The van der Waals surface area contributed by atoms with Gasteiger partial charge in [-0.05, 0) is 46.7 Å². The van der Waals surface area contributed by atoms with E-state index in [0.29, 0.717) is 17.3 Å². The molecule has 3 nitrogen and oxygen atoms in total. The number of alkyl halides is 1. The van der Waals surface area contributed by atoms with Crippen LogP contribution in [0.5, 0.6) is 0 Å². The summed E-state index contributed by atoms with van der Waals surface area (Å²) in [7, 11) is 0. The third-order valence-electron chi connectivity index (χ3n) is 4.43. The molecule has 0 N–H and O–H groups in total. The Morgan fingerprint density at radius 2 is 2.29 bits per heavy atom. The Morgan fingerprint density at radius 1 is 1.48 bits per heavy atom. The minimum Gasteiger partial charge on any atom is -0.310 e. The van der Waals surface area contributed by atoms with Crippen LogP contribution in [0.1, 0.15) is 51.4 Å². The zero-order chi connectivity index (χ0) is 15.0. The molecule has 0 bridgehead atoms. The zero-order valence-corrected chi connectivity index (χ0v) is 14.9. The first kappa shape index (κ1) is 15.3. The van der Waals surface area contributed by atoms with E-state index in [1.807, 2.05) is 12.3 Å². The first-order valence-corrected chi connectivity index (χ1v) is 8.91. The highest BCUT2D eigenvalue weighted by atomic mass is 79.9. The lowest BCUT2D eigenvalue weighted by molar-refractivity contribution is 0.183. The maximum Gasteiger partial charge on any atom is 0.160 e. The summed E-state index contributed by atoms with van der Waals surface area (Å²) in [5, 5.41) is 0. The van der Waals surface area contributed by atoms with E-state index in [-0.39, 0.29) is 0 Å². The van der Waals surface area contributed by atoms with Crippen LogP contribution in [0.25, 0.3) is 11.2 Å². The van der Waals surface area contributed by atoms with Crippen LogP contribution in [0.15, 0.2) is 16.7 Å². The van der Waals surface area contributed by atoms with Gasteiger partial charge in [0.25, 0.3) is 0 Å². The molecule has 0 spiro atoms. The van der Waals surface area contributed by atoms with Crippen LogP contribution < -0.4 is 0 Å². The van der Waals surface area contributed by atoms with Crippen molar-refractivity contribution in [1.82, 2.24) is 14.5 Å². The molecule has 0 radical (unpaired) electrons. The Labute approximate surface area is 139 Å². The number of halogens is 2. The topological polar surface area (TPSA) is 30.7 Å². The maximum atomic E-state index is 5.98. The van der Waals surface area contributed by atoms with E-state index in [1.165, 1.54) is 25.7 Å². The van der Waals surface area contributed by atoms with Crippen molar-refractivity contribution in [3.8, 4) is 0 Å². The van der Waals surface area contributed by atoms with Crippen molar-refractivity contribution in [2.45, 2.75) is 52.0 Å². The van der Waals surface area contributed by atoms with Gasteiger partial charge in [0.15, 0.2) is 5.65 Å². The standard InChI is InChI=1S/C16H21BrClN3/c1-16(2)6-3-4-12(9-16)21-14(5-7-18)20-13-8-11(17)10-19-15(13)21/h8,10,12H,3-7,9H2,1-2H3. The lowest BCUT2D eigenvalue weighted by atomic mass is 9.75. The Bertz CT molecular complexity index is 650. The number of hydrogen-bond donors (Lipinski definition) is 0. The molecule has 2 heterocycles. The fourth-order valence-electron chi connectivity index (χ4n) is 3.53. The highest BCUT2D eigenvalue weighted by Crippen LogP contribution is 2.42. The smallest absolute Gasteiger partial charge is 0.160 e. The summed E-state index contributed by atoms with van der Waals surface area (Å²) in [6.07, 6.45) is 7.63. The highest BCUT2D eigenvalue weighted by Gasteiger charge is 2.31. The molecular weight excluding hydrogens is 350 g/mol. The summed E-state index contributed by atoms with van der Waals surface area (Å²) in [5.74, 6) is 1.67. The van der Waals surface area contributed by atoms with Crippen molar-refractivity contribution < 1.29 is 0 Å². The van der Waals surface area contributed by atoms with Gasteiger partial charge in [-0.3, -0.25) is 0 Å². The minimum absolute atomic E-state index is 0.396. The van der Waals surface area contributed by atoms with Gasteiger partial charge in [0, 0.05) is 29.0 Å². The summed E-state index contributed by atoms with van der Waals surface area (Å²) < 4.78 is 3.33. The lowest BCUT2D eigenvalue weighted by Crippen LogP contribution is -2.26. The van der Waals surface area contributed by atoms with Gasteiger partial charge >= 0.3 is 0 Å². The first-order valence-electron chi connectivity index (χ1n) is 7.58.